The van der Waals surface area contributed by atoms with Gasteiger partial charge in [-0.25, -0.2) is 0 Å². The quantitative estimate of drug-likeness (QED) is 0.285. The Morgan fingerprint density at radius 3 is 1.87 bits per heavy atom. The highest BCUT2D eigenvalue weighted by atomic mass is 16.6. The first kappa shape index (κ1) is 27.1. The number of ether oxygens (including phenoxy) is 5. The molecule has 7 heteroatoms. The second-order valence-electron chi connectivity index (χ2n) is 7.90. The molecular formula is C24H38O7. The second kappa shape index (κ2) is 14.9. The molecule has 0 spiro atoms. The number of hydrogen-bond acceptors (Lipinski definition) is 7. The fourth-order valence-electron chi connectivity index (χ4n) is 2.74. The van der Waals surface area contributed by atoms with Gasteiger partial charge in [-0.1, -0.05) is 38.1 Å². The first-order valence-corrected chi connectivity index (χ1v) is 11.0. The summed E-state index contributed by atoms with van der Waals surface area (Å²) >= 11 is 0. The van der Waals surface area contributed by atoms with Crippen LogP contribution in [0.2, 0.25) is 0 Å². The summed E-state index contributed by atoms with van der Waals surface area (Å²) in [5, 5.41) is 0. The van der Waals surface area contributed by atoms with Crippen LogP contribution in [0.25, 0.3) is 0 Å². The van der Waals surface area contributed by atoms with E-state index in [1.807, 2.05) is 45.0 Å². The van der Waals surface area contributed by atoms with Gasteiger partial charge < -0.3 is 23.7 Å². The highest BCUT2D eigenvalue weighted by Crippen LogP contribution is 2.27. The van der Waals surface area contributed by atoms with Gasteiger partial charge in [0.25, 0.3) is 0 Å². The van der Waals surface area contributed by atoms with Crippen molar-refractivity contribution >= 4 is 11.9 Å². The Hall–Kier alpha value is -1.96. The standard InChI is InChI=1S/C24H38O7/c1-6-27-13-14-28-15-16-29-17-18-30-22(25)11-12-23(26)31-24(4,5)21-9-7-20(8-10-21)19(2)3/h7-10,19H,6,11-18H2,1-5H3. The molecule has 0 heterocycles. The third-order valence-corrected chi connectivity index (χ3v) is 4.61. The molecule has 0 saturated carbocycles. The SMILES string of the molecule is CCOCCOCCOCCOC(=O)CCC(=O)OC(C)(C)c1ccc(C(C)C)cc1. The van der Waals surface area contributed by atoms with Gasteiger partial charge in [-0.2, -0.15) is 0 Å². The van der Waals surface area contributed by atoms with Gasteiger partial charge in [0.2, 0.25) is 0 Å². The largest absolute Gasteiger partial charge is 0.463 e. The molecule has 0 unspecified atom stereocenters. The number of rotatable bonds is 16. The summed E-state index contributed by atoms with van der Waals surface area (Å²) in [4.78, 5) is 24.0. The summed E-state index contributed by atoms with van der Waals surface area (Å²) < 4.78 is 26.4. The Kier molecular flexibility index (Phi) is 13.1. The van der Waals surface area contributed by atoms with E-state index in [9.17, 15) is 9.59 Å². The number of benzene rings is 1. The molecule has 1 aromatic rings. The molecule has 7 nitrogen and oxygen atoms in total. The minimum absolute atomic E-state index is 0.0261. The summed E-state index contributed by atoms with van der Waals surface area (Å²) in [6.45, 7) is 12.9. The normalized spacial score (nSPS) is 11.5. The molecule has 1 aromatic carbocycles. The zero-order valence-corrected chi connectivity index (χ0v) is 19.6. The van der Waals surface area contributed by atoms with Crippen molar-refractivity contribution in [3.05, 3.63) is 35.4 Å². The van der Waals surface area contributed by atoms with Crippen LogP contribution in [-0.2, 0) is 38.9 Å². The molecule has 0 atom stereocenters. The van der Waals surface area contributed by atoms with E-state index in [1.165, 1.54) is 5.56 Å². The number of esters is 2. The second-order valence-corrected chi connectivity index (χ2v) is 7.90. The molecule has 0 aliphatic rings. The third-order valence-electron chi connectivity index (χ3n) is 4.61. The number of carbonyl (C=O) groups excluding carboxylic acids is 2. The van der Waals surface area contributed by atoms with Crippen LogP contribution in [0.1, 0.15) is 64.5 Å². The fourth-order valence-corrected chi connectivity index (χ4v) is 2.74. The van der Waals surface area contributed by atoms with E-state index < -0.39 is 17.5 Å². The average molecular weight is 439 g/mol. The highest BCUT2D eigenvalue weighted by Gasteiger charge is 2.25. The lowest BCUT2D eigenvalue weighted by atomic mass is 9.94. The number of carbonyl (C=O) groups is 2. The smallest absolute Gasteiger partial charge is 0.307 e. The fraction of sp³-hybridized carbons (Fsp3) is 0.667. The van der Waals surface area contributed by atoms with E-state index in [-0.39, 0.29) is 26.1 Å². The molecule has 0 aliphatic heterocycles. The zero-order valence-electron chi connectivity index (χ0n) is 19.6. The van der Waals surface area contributed by atoms with Crippen molar-refractivity contribution in [1.82, 2.24) is 0 Å². The summed E-state index contributed by atoms with van der Waals surface area (Å²) in [6, 6.07) is 8.03. The van der Waals surface area contributed by atoms with Crippen LogP contribution in [0.15, 0.2) is 24.3 Å². The van der Waals surface area contributed by atoms with Crippen LogP contribution in [0, 0.1) is 0 Å². The van der Waals surface area contributed by atoms with E-state index in [4.69, 9.17) is 23.7 Å². The van der Waals surface area contributed by atoms with Crippen LogP contribution in [-0.4, -0.2) is 58.2 Å². The molecule has 0 radical (unpaired) electrons. The lowest BCUT2D eigenvalue weighted by Crippen LogP contribution is -2.26. The molecule has 0 fully saturated rings. The molecule has 1 rings (SSSR count). The molecule has 0 aromatic heterocycles. The zero-order chi connectivity index (χ0) is 23.1. The maximum atomic E-state index is 12.2. The van der Waals surface area contributed by atoms with Gasteiger partial charge in [-0.05, 0) is 37.8 Å². The summed E-state index contributed by atoms with van der Waals surface area (Å²) in [7, 11) is 0. The van der Waals surface area contributed by atoms with Gasteiger partial charge in [0.1, 0.15) is 12.2 Å². The van der Waals surface area contributed by atoms with Crippen molar-refractivity contribution in [3.8, 4) is 0 Å². The van der Waals surface area contributed by atoms with Crippen molar-refractivity contribution in [2.45, 2.75) is 59.0 Å². The van der Waals surface area contributed by atoms with Gasteiger partial charge in [-0.3, -0.25) is 9.59 Å². The predicted molar refractivity (Wildman–Crippen MR) is 118 cm³/mol. The Morgan fingerprint density at radius 1 is 0.806 bits per heavy atom. The van der Waals surface area contributed by atoms with Gasteiger partial charge in [0, 0.05) is 6.61 Å². The van der Waals surface area contributed by atoms with Crippen LogP contribution in [0.3, 0.4) is 0 Å². The molecule has 0 N–H and O–H groups in total. The van der Waals surface area contributed by atoms with E-state index >= 15 is 0 Å². The van der Waals surface area contributed by atoms with E-state index in [2.05, 4.69) is 13.8 Å². The Labute approximate surface area is 186 Å². The Morgan fingerprint density at radius 2 is 1.32 bits per heavy atom. The maximum absolute atomic E-state index is 12.2. The van der Waals surface area contributed by atoms with Crippen molar-refractivity contribution in [2.24, 2.45) is 0 Å². The van der Waals surface area contributed by atoms with Gasteiger partial charge in [0.05, 0.1) is 45.9 Å². The first-order chi connectivity index (χ1) is 14.8. The first-order valence-electron chi connectivity index (χ1n) is 11.0. The highest BCUT2D eigenvalue weighted by molar-refractivity contribution is 5.77. The van der Waals surface area contributed by atoms with E-state index in [0.717, 1.165) is 5.56 Å². The van der Waals surface area contributed by atoms with Crippen LogP contribution >= 0.6 is 0 Å². The lowest BCUT2D eigenvalue weighted by molar-refractivity contribution is -0.160. The van der Waals surface area contributed by atoms with Crippen molar-refractivity contribution in [2.75, 3.05) is 46.2 Å². The molecule has 176 valence electrons. The molecule has 0 saturated heterocycles. The lowest BCUT2D eigenvalue weighted by Gasteiger charge is -2.26. The van der Waals surface area contributed by atoms with Gasteiger partial charge in [-0.15, -0.1) is 0 Å². The molecule has 0 bridgehead atoms. The topological polar surface area (TPSA) is 80.3 Å². The van der Waals surface area contributed by atoms with Crippen molar-refractivity contribution in [1.29, 1.82) is 0 Å². The number of hydrogen-bond donors (Lipinski definition) is 0. The molecular weight excluding hydrogens is 400 g/mol. The minimum Gasteiger partial charge on any atom is -0.463 e. The van der Waals surface area contributed by atoms with Crippen molar-refractivity contribution in [3.63, 3.8) is 0 Å². The molecule has 0 amide bonds. The van der Waals surface area contributed by atoms with Crippen LogP contribution in [0.5, 0.6) is 0 Å². The minimum atomic E-state index is -0.769. The summed E-state index contributed by atoms with van der Waals surface area (Å²) in [6.07, 6.45) is -0.0530. The third kappa shape index (κ3) is 11.9. The van der Waals surface area contributed by atoms with Gasteiger partial charge in [0.15, 0.2) is 0 Å². The predicted octanol–water partition coefficient (Wildman–Crippen LogP) is 3.98. The summed E-state index contributed by atoms with van der Waals surface area (Å²) in [5.41, 5.74) is 1.37. The van der Waals surface area contributed by atoms with E-state index in [1.54, 1.807) is 0 Å². The maximum Gasteiger partial charge on any atom is 0.307 e. The van der Waals surface area contributed by atoms with Crippen molar-refractivity contribution < 1.29 is 33.3 Å². The summed E-state index contributed by atoms with van der Waals surface area (Å²) in [5.74, 6) is -0.446. The molecule has 31 heavy (non-hydrogen) atoms. The van der Waals surface area contributed by atoms with Crippen LogP contribution < -0.4 is 0 Å². The average Bonchev–Trinajstić information content (AvgIpc) is 2.73. The van der Waals surface area contributed by atoms with Crippen LogP contribution in [0.4, 0.5) is 0 Å². The molecule has 0 aliphatic carbocycles. The van der Waals surface area contributed by atoms with Gasteiger partial charge >= 0.3 is 11.9 Å². The Balaban J connectivity index is 2.17. The monoisotopic (exact) mass is 438 g/mol. The van der Waals surface area contributed by atoms with E-state index in [0.29, 0.717) is 39.0 Å². The Bertz CT molecular complexity index is 638.